The first-order valence-electron chi connectivity index (χ1n) is 6.97. The van der Waals surface area contributed by atoms with Gasteiger partial charge in [-0.05, 0) is 38.5 Å². The largest absolute Gasteiger partial charge is 0.498 e. The second-order valence-electron chi connectivity index (χ2n) is 5.31. The second kappa shape index (κ2) is 6.23. The van der Waals surface area contributed by atoms with E-state index in [1.54, 1.807) is 0 Å². The molecule has 2 rings (SSSR count). The number of rotatable bonds is 4. The van der Waals surface area contributed by atoms with Crippen LogP contribution < -0.4 is 5.32 Å². The number of amides is 1. The van der Waals surface area contributed by atoms with Crippen LogP contribution in [0.5, 0.6) is 0 Å². The van der Waals surface area contributed by atoms with E-state index in [2.05, 4.69) is 5.32 Å². The number of aliphatic hydroxyl groups excluding tert-OH is 1. The van der Waals surface area contributed by atoms with Crippen molar-refractivity contribution in [2.24, 2.45) is 5.92 Å². The number of hydrogen-bond acceptors (Lipinski definition) is 3. The Balaban J connectivity index is 1.80. The van der Waals surface area contributed by atoms with Crippen molar-refractivity contribution >= 4 is 5.91 Å². The van der Waals surface area contributed by atoms with Crippen LogP contribution in [0.1, 0.15) is 45.4 Å². The summed E-state index contributed by atoms with van der Waals surface area (Å²) in [4.78, 5) is 12.0. The fourth-order valence-electron chi connectivity index (χ4n) is 2.82. The van der Waals surface area contributed by atoms with Crippen LogP contribution in [0.3, 0.4) is 0 Å². The molecule has 0 spiro atoms. The molecular weight excluding hydrogens is 230 g/mol. The molecule has 1 atom stereocenters. The van der Waals surface area contributed by atoms with Crippen LogP contribution in [0.4, 0.5) is 0 Å². The van der Waals surface area contributed by atoms with Crippen LogP contribution in [-0.2, 0) is 9.53 Å². The van der Waals surface area contributed by atoms with Gasteiger partial charge in [0.25, 0.3) is 5.91 Å². The molecule has 18 heavy (non-hydrogen) atoms. The summed E-state index contributed by atoms with van der Waals surface area (Å²) in [5.41, 5.74) is 0.736. The molecule has 2 aliphatic rings. The van der Waals surface area contributed by atoms with Crippen LogP contribution in [0.15, 0.2) is 11.3 Å². The molecule has 0 aromatic rings. The van der Waals surface area contributed by atoms with Crippen molar-refractivity contribution in [2.75, 3.05) is 13.2 Å². The summed E-state index contributed by atoms with van der Waals surface area (Å²) in [6.45, 7) is 2.90. The molecule has 0 radical (unpaired) electrons. The first-order chi connectivity index (χ1) is 8.68. The summed E-state index contributed by atoms with van der Waals surface area (Å²) in [5, 5.41) is 12.8. The molecule has 1 heterocycles. The number of hydrogen-bond donors (Lipinski definition) is 2. The molecule has 0 aromatic carbocycles. The summed E-state index contributed by atoms with van der Waals surface area (Å²) in [5.74, 6) is 1.02. The lowest BCUT2D eigenvalue weighted by Gasteiger charge is -2.21. The first-order valence-corrected chi connectivity index (χ1v) is 6.97. The smallest absolute Gasteiger partial charge is 0.250 e. The normalized spacial score (nSPS) is 22.8. The SMILES string of the molecule is CC1=C(C(=O)NCC(O)C2CCCC2)CCCO1. The van der Waals surface area contributed by atoms with Crippen LogP contribution in [0.25, 0.3) is 0 Å². The van der Waals surface area contributed by atoms with Crippen molar-refractivity contribution in [2.45, 2.75) is 51.6 Å². The molecule has 0 bridgehead atoms. The van der Waals surface area contributed by atoms with Crippen LogP contribution in [-0.4, -0.2) is 30.3 Å². The third-order valence-corrected chi connectivity index (χ3v) is 4.00. The Bertz CT molecular complexity index is 332. The highest BCUT2D eigenvalue weighted by Gasteiger charge is 2.24. The molecular formula is C14H23NO3. The van der Waals surface area contributed by atoms with E-state index >= 15 is 0 Å². The third kappa shape index (κ3) is 3.25. The molecule has 1 fully saturated rings. The fraction of sp³-hybridized carbons (Fsp3) is 0.786. The number of carbonyl (C=O) groups excluding carboxylic acids is 1. The zero-order valence-electron chi connectivity index (χ0n) is 11.1. The van der Waals surface area contributed by atoms with Crippen molar-refractivity contribution in [1.29, 1.82) is 0 Å². The van der Waals surface area contributed by atoms with Gasteiger partial charge < -0.3 is 15.2 Å². The monoisotopic (exact) mass is 253 g/mol. The molecule has 4 heteroatoms. The van der Waals surface area contributed by atoms with Gasteiger partial charge in [-0.3, -0.25) is 4.79 Å². The van der Waals surface area contributed by atoms with Crippen molar-refractivity contribution in [3.05, 3.63) is 11.3 Å². The van der Waals surface area contributed by atoms with Gasteiger partial charge in [0.1, 0.15) is 5.76 Å². The first kappa shape index (κ1) is 13.4. The maximum atomic E-state index is 12.0. The van der Waals surface area contributed by atoms with Crippen molar-refractivity contribution in [1.82, 2.24) is 5.32 Å². The van der Waals surface area contributed by atoms with E-state index < -0.39 is 6.10 Å². The maximum absolute atomic E-state index is 12.0. The average molecular weight is 253 g/mol. The Morgan fingerprint density at radius 2 is 2.17 bits per heavy atom. The topological polar surface area (TPSA) is 58.6 Å². The standard InChI is InChI=1S/C14H23NO3/c1-10-12(7-4-8-18-10)14(17)15-9-13(16)11-5-2-3-6-11/h11,13,16H,2-9H2,1H3,(H,15,17). The minimum absolute atomic E-state index is 0.0794. The number of allylic oxidation sites excluding steroid dienone is 1. The Kier molecular flexibility index (Phi) is 4.64. The maximum Gasteiger partial charge on any atom is 0.250 e. The number of nitrogens with one attached hydrogen (secondary N) is 1. The minimum atomic E-state index is -0.401. The number of ether oxygens (including phenoxy) is 1. The van der Waals surface area contributed by atoms with E-state index in [0.717, 1.165) is 37.0 Å². The Labute approximate surface area is 108 Å². The van der Waals surface area contributed by atoms with Crippen LogP contribution >= 0.6 is 0 Å². The lowest BCUT2D eigenvalue weighted by Crippen LogP contribution is -2.37. The lowest BCUT2D eigenvalue weighted by molar-refractivity contribution is -0.118. The number of aliphatic hydroxyl groups is 1. The molecule has 1 aliphatic carbocycles. The Morgan fingerprint density at radius 1 is 1.44 bits per heavy atom. The quantitative estimate of drug-likeness (QED) is 0.802. The summed E-state index contributed by atoms with van der Waals surface area (Å²) in [6.07, 6.45) is 5.84. The molecule has 102 valence electrons. The van der Waals surface area contributed by atoms with Gasteiger partial charge in [0, 0.05) is 6.54 Å². The summed E-state index contributed by atoms with van der Waals surface area (Å²) >= 11 is 0. The molecule has 1 unspecified atom stereocenters. The van der Waals surface area contributed by atoms with Gasteiger partial charge in [-0.1, -0.05) is 12.8 Å². The highest BCUT2D eigenvalue weighted by molar-refractivity contribution is 5.93. The number of carbonyl (C=O) groups is 1. The van der Waals surface area contributed by atoms with Crippen molar-refractivity contribution in [3.63, 3.8) is 0 Å². The average Bonchev–Trinajstić information content (AvgIpc) is 2.90. The minimum Gasteiger partial charge on any atom is -0.498 e. The molecule has 0 aromatic heterocycles. The zero-order valence-corrected chi connectivity index (χ0v) is 11.1. The van der Waals surface area contributed by atoms with Crippen LogP contribution in [0.2, 0.25) is 0 Å². The zero-order chi connectivity index (χ0) is 13.0. The Morgan fingerprint density at radius 3 is 2.83 bits per heavy atom. The van der Waals surface area contributed by atoms with Gasteiger partial charge >= 0.3 is 0 Å². The third-order valence-electron chi connectivity index (χ3n) is 4.00. The predicted molar refractivity (Wildman–Crippen MR) is 68.9 cm³/mol. The summed E-state index contributed by atoms with van der Waals surface area (Å²) < 4.78 is 5.37. The van der Waals surface area contributed by atoms with E-state index in [4.69, 9.17) is 4.74 Å². The highest BCUT2D eigenvalue weighted by atomic mass is 16.5. The molecule has 2 N–H and O–H groups in total. The van der Waals surface area contributed by atoms with Gasteiger partial charge in [0.2, 0.25) is 0 Å². The molecule has 1 amide bonds. The Hall–Kier alpha value is -1.03. The summed E-state index contributed by atoms with van der Waals surface area (Å²) in [6, 6.07) is 0. The van der Waals surface area contributed by atoms with E-state index in [0.29, 0.717) is 19.1 Å². The van der Waals surface area contributed by atoms with Gasteiger partial charge in [0.05, 0.1) is 18.3 Å². The van der Waals surface area contributed by atoms with Gasteiger partial charge in [0.15, 0.2) is 0 Å². The molecule has 1 aliphatic heterocycles. The van der Waals surface area contributed by atoms with E-state index in [1.807, 2.05) is 6.92 Å². The van der Waals surface area contributed by atoms with Gasteiger partial charge in [-0.15, -0.1) is 0 Å². The van der Waals surface area contributed by atoms with E-state index in [9.17, 15) is 9.90 Å². The summed E-state index contributed by atoms with van der Waals surface area (Å²) in [7, 11) is 0. The predicted octanol–water partition coefficient (Wildman–Crippen LogP) is 1.74. The van der Waals surface area contributed by atoms with Crippen molar-refractivity contribution in [3.8, 4) is 0 Å². The van der Waals surface area contributed by atoms with E-state index in [1.165, 1.54) is 12.8 Å². The van der Waals surface area contributed by atoms with Gasteiger partial charge in [-0.2, -0.15) is 0 Å². The van der Waals surface area contributed by atoms with Gasteiger partial charge in [-0.25, -0.2) is 0 Å². The fourth-order valence-corrected chi connectivity index (χ4v) is 2.82. The highest BCUT2D eigenvalue weighted by Crippen LogP contribution is 2.27. The molecule has 0 saturated heterocycles. The second-order valence-corrected chi connectivity index (χ2v) is 5.31. The van der Waals surface area contributed by atoms with Crippen molar-refractivity contribution < 1.29 is 14.6 Å². The van der Waals surface area contributed by atoms with E-state index in [-0.39, 0.29) is 5.91 Å². The van der Waals surface area contributed by atoms with Crippen LogP contribution in [0, 0.1) is 5.92 Å². The lowest BCUT2D eigenvalue weighted by atomic mass is 10.0. The molecule has 1 saturated carbocycles. The molecule has 4 nitrogen and oxygen atoms in total.